The number of amides is 1. The lowest BCUT2D eigenvalue weighted by atomic mass is 9.74. The van der Waals surface area contributed by atoms with E-state index in [0.29, 0.717) is 23.3 Å². The molecule has 4 heteroatoms. The second-order valence-electron chi connectivity index (χ2n) is 9.61. The zero-order chi connectivity index (χ0) is 19.3. The average Bonchev–Trinajstić information content (AvgIpc) is 2.45. The number of ether oxygens (including phenoxy) is 1. The van der Waals surface area contributed by atoms with Gasteiger partial charge in [-0.25, -0.2) is 4.79 Å². The van der Waals surface area contributed by atoms with Crippen molar-refractivity contribution in [3.05, 3.63) is 0 Å². The molecule has 0 bridgehead atoms. The summed E-state index contributed by atoms with van der Waals surface area (Å²) < 4.78 is 5.54. The molecule has 0 aromatic heterocycles. The van der Waals surface area contributed by atoms with E-state index in [0.717, 1.165) is 32.5 Å². The Morgan fingerprint density at radius 1 is 1.12 bits per heavy atom. The third-order valence-electron chi connectivity index (χ3n) is 5.41. The molecule has 0 spiro atoms. The fourth-order valence-electron chi connectivity index (χ4n) is 4.11. The fourth-order valence-corrected chi connectivity index (χ4v) is 4.11. The van der Waals surface area contributed by atoms with E-state index < -0.39 is 5.60 Å². The van der Waals surface area contributed by atoms with E-state index >= 15 is 0 Å². The SMILES string of the molecule is CCCC1(CNC(C(C)C)C(C)C)CCN(C(=O)OC(C)(C)C)CC1. The van der Waals surface area contributed by atoms with Gasteiger partial charge >= 0.3 is 6.09 Å². The summed E-state index contributed by atoms with van der Waals surface area (Å²) in [5.41, 5.74) is -0.104. The molecular weight excluding hydrogens is 312 g/mol. The highest BCUT2D eigenvalue weighted by molar-refractivity contribution is 5.68. The zero-order valence-electron chi connectivity index (χ0n) is 17.9. The third kappa shape index (κ3) is 7.16. The van der Waals surface area contributed by atoms with E-state index in [1.165, 1.54) is 12.8 Å². The quantitative estimate of drug-likeness (QED) is 0.693. The number of carbonyl (C=O) groups excluding carboxylic acids is 1. The van der Waals surface area contributed by atoms with Gasteiger partial charge in [0, 0.05) is 25.7 Å². The summed E-state index contributed by atoms with van der Waals surface area (Å²) in [4.78, 5) is 14.2. The molecule has 1 N–H and O–H groups in total. The van der Waals surface area contributed by atoms with Gasteiger partial charge in [0.1, 0.15) is 5.60 Å². The smallest absolute Gasteiger partial charge is 0.410 e. The predicted octanol–water partition coefficient (Wildman–Crippen LogP) is 5.07. The molecule has 1 aliphatic heterocycles. The van der Waals surface area contributed by atoms with Crippen molar-refractivity contribution in [2.75, 3.05) is 19.6 Å². The molecule has 0 radical (unpaired) electrons. The molecule has 1 heterocycles. The third-order valence-corrected chi connectivity index (χ3v) is 5.41. The van der Waals surface area contributed by atoms with Crippen molar-refractivity contribution in [2.45, 2.75) is 92.7 Å². The fraction of sp³-hybridized carbons (Fsp3) is 0.952. The van der Waals surface area contributed by atoms with Gasteiger partial charge in [-0.2, -0.15) is 0 Å². The summed E-state index contributed by atoms with van der Waals surface area (Å²) in [5.74, 6) is 1.28. The van der Waals surface area contributed by atoms with E-state index in [2.05, 4.69) is 39.9 Å². The van der Waals surface area contributed by atoms with Crippen molar-refractivity contribution in [3.8, 4) is 0 Å². The molecule has 1 amide bonds. The van der Waals surface area contributed by atoms with Gasteiger partial charge in [-0.15, -0.1) is 0 Å². The minimum atomic E-state index is -0.418. The van der Waals surface area contributed by atoms with Crippen molar-refractivity contribution in [1.29, 1.82) is 0 Å². The van der Waals surface area contributed by atoms with Crippen molar-refractivity contribution < 1.29 is 9.53 Å². The van der Waals surface area contributed by atoms with Gasteiger partial charge < -0.3 is 15.0 Å². The number of piperidine rings is 1. The number of rotatable bonds is 7. The molecule has 148 valence electrons. The second-order valence-corrected chi connectivity index (χ2v) is 9.61. The normalized spacial score (nSPS) is 18.3. The topological polar surface area (TPSA) is 41.6 Å². The molecule has 1 aliphatic rings. The number of carbonyl (C=O) groups is 1. The van der Waals surface area contributed by atoms with Crippen LogP contribution in [0.15, 0.2) is 0 Å². The molecule has 0 atom stereocenters. The largest absolute Gasteiger partial charge is 0.444 e. The number of nitrogens with one attached hydrogen (secondary N) is 1. The molecule has 4 nitrogen and oxygen atoms in total. The molecule has 1 fully saturated rings. The van der Waals surface area contributed by atoms with Crippen LogP contribution in [0.25, 0.3) is 0 Å². The van der Waals surface area contributed by atoms with Crippen molar-refractivity contribution >= 4 is 6.09 Å². The highest BCUT2D eigenvalue weighted by atomic mass is 16.6. The van der Waals surface area contributed by atoms with Gasteiger partial charge in [-0.1, -0.05) is 41.0 Å². The van der Waals surface area contributed by atoms with Crippen LogP contribution in [0.5, 0.6) is 0 Å². The highest BCUT2D eigenvalue weighted by Gasteiger charge is 2.37. The monoisotopic (exact) mass is 354 g/mol. The van der Waals surface area contributed by atoms with E-state index in [1.54, 1.807) is 0 Å². The lowest BCUT2D eigenvalue weighted by molar-refractivity contribution is 0.00804. The van der Waals surface area contributed by atoms with Crippen LogP contribution in [-0.4, -0.2) is 42.3 Å². The van der Waals surface area contributed by atoms with Crippen LogP contribution in [0.3, 0.4) is 0 Å². The van der Waals surface area contributed by atoms with E-state index in [1.807, 2.05) is 25.7 Å². The van der Waals surface area contributed by atoms with E-state index in [9.17, 15) is 4.79 Å². The standard InChI is InChI=1S/C21H42N2O2/c1-9-10-21(15-22-18(16(2)3)17(4)5)11-13-23(14-12-21)19(24)25-20(6,7)8/h16-18,22H,9-15H2,1-8H3. The van der Waals surface area contributed by atoms with Crippen LogP contribution in [0, 0.1) is 17.3 Å². The molecule has 0 aromatic rings. The van der Waals surface area contributed by atoms with Crippen LogP contribution >= 0.6 is 0 Å². The molecule has 0 aromatic carbocycles. The Balaban J connectivity index is 2.65. The first-order chi connectivity index (χ1) is 11.5. The molecule has 0 saturated carbocycles. The molecular formula is C21H42N2O2. The summed E-state index contributed by atoms with van der Waals surface area (Å²) in [7, 11) is 0. The van der Waals surface area contributed by atoms with Gasteiger partial charge in [0.2, 0.25) is 0 Å². The molecule has 1 rings (SSSR count). The summed E-state index contributed by atoms with van der Waals surface area (Å²) in [6.07, 6.45) is 4.40. The Hall–Kier alpha value is -0.770. The molecule has 25 heavy (non-hydrogen) atoms. The lowest BCUT2D eigenvalue weighted by Crippen LogP contribution is -2.51. The minimum Gasteiger partial charge on any atom is -0.444 e. The minimum absolute atomic E-state index is 0.159. The summed E-state index contributed by atoms with van der Waals surface area (Å²) in [5, 5.41) is 3.86. The predicted molar refractivity (Wildman–Crippen MR) is 106 cm³/mol. The second kappa shape index (κ2) is 9.25. The Morgan fingerprint density at radius 2 is 1.64 bits per heavy atom. The Morgan fingerprint density at radius 3 is 2.04 bits per heavy atom. The maximum atomic E-state index is 12.3. The van der Waals surface area contributed by atoms with Gasteiger partial charge in [0.25, 0.3) is 0 Å². The van der Waals surface area contributed by atoms with Crippen LogP contribution < -0.4 is 5.32 Å². The number of likely N-dealkylation sites (tertiary alicyclic amines) is 1. The maximum absolute atomic E-state index is 12.3. The summed E-state index contributed by atoms with van der Waals surface area (Å²) in [6.45, 7) is 19.9. The van der Waals surface area contributed by atoms with Crippen LogP contribution in [0.1, 0.15) is 81.1 Å². The Labute approximate surface area is 156 Å². The number of hydrogen-bond donors (Lipinski definition) is 1. The lowest BCUT2D eigenvalue weighted by Gasteiger charge is -2.43. The zero-order valence-corrected chi connectivity index (χ0v) is 17.9. The van der Waals surface area contributed by atoms with Gasteiger partial charge in [-0.05, 0) is 57.3 Å². The Kier molecular flexibility index (Phi) is 8.24. The molecule has 0 unspecified atom stereocenters. The van der Waals surface area contributed by atoms with Crippen LogP contribution in [0.2, 0.25) is 0 Å². The van der Waals surface area contributed by atoms with Gasteiger partial charge in [0.05, 0.1) is 0 Å². The molecule has 1 saturated heterocycles. The number of nitrogens with zero attached hydrogens (tertiary/aromatic N) is 1. The van der Waals surface area contributed by atoms with Crippen molar-refractivity contribution in [1.82, 2.24) is 10.2 Å². The van der Waals surface area contributed by atoms with Crippen molar-refractivity contribution in [2.24, 2.45) is 17.3 Å². The molecule has 0 aliphatic carbocycles. The van der Waals surface area contributed by atoms with Crippen LogP contribution in [0.4, 0.5) is 4.79 Å². The first-order valence-corrected chi connectivity index (χ1v) is 10.2. The van der Waals surface area contributed by atoms with Gasteiger partial charge in [-0.3, -0.25) is 0 Å². The van der Waals surface area contributed by atoms with Gasteiger partial charge in [0.15, 0.2) is 0 Å². The highest BCUT2D eigenvalue weighted by Crippen LogP contribution is 2.36. The maximum Gasteiger partial charge on any atom is 0.410 e. The first kappa shape index (κ1) is 22.3. The van der Waals surface area contributed by atoms with E-state index in [-0.39, 0.29) is 6.09 Å². The average molecular weight is 355 g/mol. The summed E-state index contributed by atoms with van der Waals surface area (Å²) in [6, 6.07) is 0.553. The van der Waals surface area contributed by atoms with E-state index in [4.69, 9.17) is 4.74 Å². The van der Waals surface area contributed by atoms with Crippen molar-refractivity contribution in [3.63, 3.8) is 0 Å². The summed E-state index contributed by atoms with van der Waals surface area (Å²) >= 11 is 0. The first-order valence-electron chi connectivity index (χ1n) is 10.2. The number of hydrogen-bond acceptors (Lipinski definition) is 3. The Bertz CT molecular complexity index is 397. The van der Waals surface area contributed by atoms with Crippen LogP contribution in [-0.2, 0) is 4.74 Å².